The number of nitrogens with one attached hydrogen (secondary N) is 1. The van der Waals surface area contributed by atoms with Gasteiger partial charge in [-0.3, -0.25) is 5.41 Å². The van der Waals surface area contributed by atoms with Crippen LogP contribution in [-0.4, -0.2) is 54.6 Å². The Kier molecular flexibility index (Phi) is 8.08. The minimum atomic E-state index is -0.534. The van der Waals surface area contributed by atoms with Crippen LogP contribution in [0.2, 0.25) is 0 Å². The molecule has 0 bridgehead atoms. The van der Waals surface area contributed by atoms with Crippen LogP contribution in [0.1, 0.15) is 51.3 Å². The van der Waals surface area contributed by atoms with Gasteiger partial charge in [0.25, 0.3) is 0 Å². The Balaban J connectivity index is 3.14. The molecule has 0 saturated carbocycles. The lowest BCUT2D eigenvalue weighted by atomic mass is 9.99. The number of benzene rings is 1. The summed E-state index contributed by atoms with van der Waals surface area (Å²) in [5, 5.41) is 8.55. The lowest BCUT2D eigenvalue weighted by molar-refractivity contribution is 0.0284. The monoisotopic (exact) mass is 363 g/mol. The van der Waals surface area contributed by atoms with Gasteiger partial charge in [0.2, 0.25) is 0 Å². The van der Waals surface area contributed by atoms with Gasteiger partial charge in [0, 0.05) is 39.4 Å². The molecular formula is C20H33N3O3. The number of methoxy groups -OCH3 is 1. The predicted octanol–water partition coefficient (Wildman–Crippen LogP) is 3.87. The van der Waals surface area contributed by atoms with E-state index in [-0.39, 0.29) is 6.09 Å². The fourth-order valence-corrected chi connectivity index (χ4v) is 2.69. The number of nitrogens with zero attached hydrogens (tertiary/aromatic N) is 2. The number of amidine groups is 1. The van der Waals surface area contributed by atoms with Crippen LogP contribution in [0.3, 0.4) is 0 Å². The van der Waals surface area contributed by atoms with E-state index in [1.165, 1.54) is 0 Å². The second-order valence-electron chi connectivity index (χ2n) is 7.23. The van der Waals surface area contributed by atoms with Gasteiger partial charge in [0.15, 0.2) is 0 Å². The summed E-state index contributed by atoms with van der Waals surface area (Å²) < 4.78 is 10.8. The van der Waals surface area contributed by atoms with E-state index in [1.807, 2.05) is 57.7 Å². The third-order valence-electron chi connectivity index (χ3n) is 4.01. The Bertz CT molecular complexity index is 619. The summed E-state index contributed by atoms with van der Waals surface area (Å²) in [7, 11) is 3.35. The van der Waals surface area contributed by atoms with Crippen LogP contribution >= 0.6 is 0 Å². The van der Waals surface area contributed by atoms with E-state index in [9.17, 15) is 4.79 Å². The van der Waals surface area contributed by atoms with E-state index < -0.39 is 5.60 Å². The summed E-state index contributed by atoms with van der Waals surface area (Å²) in [6.07, 6.45) is -0.370. The van der Waals surface area contributed by atoms with Crippen molar-refractivity contribution in [3.8, 4) is 0 Å². The van der Waals surface area contributed by atoms with Crippen molar-refractivity contribution in [1.82, 2.24) is 9.80 Å². The zero-order valence-electron chi connectivity index (χ0n) is 17.2. The molecule has 1 aromatic carbocycles. The quantitative estimate of drug-likeness (QED) is 0.590. The van der Waals surface area contributed by atoms with Gasteiger partial charge in [-0.1, -0.05) is 18.2 Å². The predicted molar refractivity (Wildman–Crippen MR) is 105 cm³/mol. The molecule has 146 valence electrons. The van der Waals surface area contributed by atoms with Crippen molar-refractivity contribution in [3.63, 3.8) is 0 Å². The van der Waals surface area contributed by atoms with Crippen molar-refractivity contribution in [1.29, 1.82) is 5.41 Å². The number of rotatable bonds is 7. The molecule has 0 atom stereocenters. The molecule has 1 aromatic rings. The molecule has 1 amide bonds. The lowest BCUT2D eigenvalue weighted by Gasteiger charge is -2.27. The average molecular weight is 364 g/mol. The summed E-state index contributed by atoms with van der Waals surface area (Å²) in [4.78, 5) is 15.8. The van der Waals surface area contributed by atoms with Gasteiger partial charge < -0.3 is 19.3 Å². The lowest BCUT2D eigenvalue weighted by Crippen LogP contribution is -2.34. The number of hydrogen-bond donors (Lipinski definition) is 1. The second kappa shape index (κ2) is 9.57. The van der Waals surface area contributed by atoms with Crippen LogP contribution < -0.4 is 0 Å². The molecule has 0 heterocycles. The van der Waals surface area contributed by atoms with E-state index in [1.54, 1.807) is 19.1 Å². The van der Waals surface area contributed by atoms with Crippen molar-refractivity contribution in [3.05, 3.63) is 34.9 Å². The molecule has 0 saturated heterocycles. The highest BCUT2D eigenvalue weighted by Gasteiger charge is 2.22. The molecule has 0 radical (unpaired) electrons. The number of hydrogen-bond acceptors (Lipinski definition) is 4. The highest BCUT2D eigenvalue weighted by molar-refractivity contribution is 5.98. The van der Waals surface area contributed by atoms with Crippen LogP contribution in [0.25, 0.3) is 0 Å². The molecule has 1 rings (SSSR count). The molecule has 0 aliphatic carbocycles. The molecule has 0 aliphatic rings. The first-order valence-corrected chi connectivity index (χ1v) is 9.02. The van der Waals surface area contributed by atoms with Crippen LogP contribution in [0.5, 0.6) is 0 Å². The SMILES string of the molecule is CCN(CC)C(=N)c1cccc(CN(C)C(=O)OC(C)(C)C)c1COC. The summed E-state index contributed by atoms with van der Waals surface area (Å²) >= 11 is 0. The third kappa shape index (κ3) is 6.02. The minimum Gasteiger partial charge on any atom is -0.444 e. The van der Waals surface area contributed by atoms with Gasteiger partial charge in [0.1, 0.15) is 11.4 Å². The van der Waals surface area contributed by atoms with Crippen molar-refractivity contribution >= 4 is 11.9 Å². The second-order valence-corrected chi connectivity index (χ2v) is 7.23. The van der Waals surface area contributed by atoms with Crippen molar-refractivity contribution in [2.75, 3.05) is 27.2 Å². The Morgan fingerprint density at radius 1 is 1.19 bits per heavy atom. The minimum absolute atomic E-state index is 0.370. The van der Waals surface area contributed by atoms with E-state index in [2.05, 4.69) is 0 Å². The first kappa shape index (κ1) is 22.0. The Morgan fingerprint density at radius 2 is 1.81 bits per heavy atom. The van der Waals surface area contributed by atoms with Crippen LogP contribution in [-0.2, 0) is 22.6 Å². The maximum atomic E-state index is 12.3. The zero-order chi connectivity index (χ0) is 19.9. The summed E-state index contributed by atoms with van der Waals surface area (Å²) in [5.41, 5.74) is 2.19. The largest absolute Gasteiger partial charge is 0.444 e. The van der Waals surface area contributed by atoms with E-state index in [0.29, 0.717) is 19.0 Å². The first-order chi connectivity index (χ1) is 12.1. The van der Waals surface area contributed by atoms with Crippen molar-refractivity contribution < 1.29 is 14.3 Å². The van der Waals surface area contributed by atoms with Gasteiger partial charge in [-0.05, 0) is 45.7 Å². The number of amides is 1. The van der Waals surface area contributed by atoms with Crippen LogP contribution in [0.4, 0.5) is 4.79 Å². The Labute approximate surface area is 157 Å². The number of carbonyl (C=O) groups excluding carboxylic acids is 1. The Hall–Kier alpha value is -2.08. The fourth-order valence-electron chi connectivity index (χ4n) is 2.69. The molecule has 0 fully saturated rings. The average Bonchev–Trinajstić information content (AvgIpc) is 2.55. The molecule has 26 heavy (non-hydrogen) atoms. The molecule has 0 aromatic heterocycles. The number of carbonyl (C=O) groups is 1. The smallest absolute Gasteiger partial charge is 0.410 e. The van der Waals surface area contributed by atoms with Gasteiger partial charge in [0.05, 0.1) is 6.61 Å². The van der Waals surface area contributed by atoms with Gasteiger partial charge >= 0.3 is 6.09 Å². The highest BCUT2D eigenvalue weighted by atomic mass is 16.6. The molecule has 6 nitrogen and oxygen atoms in total. The number of ether oxygens (including phenoxy) is 2. The van der Waals surface area contributed by atoms with E-state index in [4.69, 9.17) is 14.9 Å². The molecule has 1 N–H and O–H groups in total. The van der Waals surface area contributed by atoms with Crippen molar-refractivity contribution in [2.45, 2.75) is 53.4 Å². The first-order valence-electron chi connectivity index (χ1n) is 9.02. The van der Waals surface area contributed by atoms with E-state index >= 15 is 0 Å². The van der Waals surface area contributed by atoms with Gasteiger partial charge in [-0.25, -0.2) is 4.79 Å². The summed E-state index contributed by atoms with van der Waals surface area (Å²) in [5.74, 6) is 0.476. The van der Waals surface area contributed by atoms with Crippen LogP contribution in [0.15, 0.2) is 18.2 Å². The maximum Gasteiger partial charge on any atom is 0.410 e. The maximum absolute atomic E-state index is 12.3. The fraction of sp³-hybridized carbons (Fsp3) is 0.600. The molecule has 0 aliphatic heterocycles. The normalized spacial score (nSPS) is 11.2. The topological polar surface area (TPSA) is 65.9 Å². The van der Waals surface area contributed by atoms with Crippen molar-refractivity contribution in [2.24, 2.45) is 0 Å². The van der Waals surface area contributed by atoms with Gasteiger partial charge in [-0.15, -0.1) is 0 Å². The van der Waals surface area contributed by atoms with Gasteiger partial charge in [-0.2, -0.15) is 0 Å². The molecule has 0 unspecified atom stereocenters. The molecule has 6 heteroatoms. The van der Waals surface area contributed by atoms with E-state index in [0.717, 1.165) is 29.8 Å². The summed E-state index contributed by atoms with van der Waals surface area (Å²) in [6, 6.07) is 5.82. The van der Waals surface area contributed by atoms with Crippen LogP contribution in [0, 0.1) is 5.41 Å². The third-order valence-corrected chi connectivity index (χ3v) is 4.01. The Morgan fingerprint density at radius 3 is 2.31 bits per heavy atom. The highest BCUT2D eigenvalue weighted by Crippen LogP contribution is 2.20. The molecule has 0 spiro atoms. The summed E-state index contributed by atoms with van der Waals surface area (Å²) in [6.45, 7) is 11.9. The standard InChI is InChI=1S/C20H33N3O3/c1-8-23(9-2)18(21)16-12-10-11-15(17(16)14-25-7)13-22(6)19(24)26-20(3,4)5/h10-12,21H,8-9,13-14H2,1-7H3. The zero-order valence-corrected chi connectivity index (χ0v) is 17.2. The molecular weight excluding hydrogens is 330 g/mol.